The summed E-state index contributed by atoms with van der Waals surface area (Å²) in [5, 5.41) is 23.0. The van der Waals surface area contributed by atoms with E-state index in [4.69, 9.17) is 16.7 Å². The third kappa shape index (κ3) is 3.52. The number of rotatable bonds is 4. The fraction of sp³-hybridized carbons (Fsp3) is 0.0667. The zero-order valence-electron chi connectivity index (χ0n) is 11.2. The standard InChI is InChI=1S/C15H13ClN2O3/c1-9(11-4-2-3-5-14(11)19)17-18-10-6-7-13(16)12(8-10)15(20)21/h2-8,18-19H,1H3,(H,20,21)/b17-9+. The Balaban J connectivity index is 2.23. The Bertz CT molecular complexity index is 714. The summed E-state index contributed by atoms with van der Waals surface area (Å²) in [6, 6.07) is 11.3. The lowest BCUT2D eigenvalue weighted by molar-refractivity contribution is 0.0697. The molecule has 0 aliphatic carbocycles. The minimum Gasteiger partial charge on any atom is -0.507 e. The van der Waals surface area contributed by atoms with Crippen LogP contribution in [0.25, 0.3) is 0 Å². The maximum Gasteiger partial charge on any atom is 0.337 e. The first-order valence-electron chi connectivity index (χ1n) is 6.10. The van der Waals surface area contributed by atoms with Crippen LogP contribution in [-0.4, -0.2) is 21.9 Å². The highest BCUT2D eigenvalue weighted by atomic mass is 35.5. The summed E-state index contributed by atoms with van der Waals surface area (Å²) in [5.74, 6) is -0.979. The van der Waals surface area contributed by atoms with Gasteiger partial charge in [0.05, 0.1) is 22.0 Å². The van der Waals surface area contributed by atoms with Crippen molar-refractivity contribution in [3.8, 4) is 5.75 Å². The van der Waals surface area contributed by atoms with Crippen molar-refractivity contribution < 1.29 is 15.0 Å². The zero-order chi connectivity index (χ0) is 15.4. The molecule has 2 rings (SSSR count). The molecule has 3 N–H and O–H groups in total. The van der Waals surface area contributed by atoms with Gasteiger partial charge in [-0.2, -0.15) is 5.10 Å². The van der Waals surface area contributed by atoms with Crippen LogP contribution in [0, 0.1) is 0 Å². The number of hydrogen-bond donors (Lipinski definition) is 3. The highest BCUT2D eigenvalue weighted by molar-refractivity contribution is 6.33. The highest BCUT2D eigenvalue weighted by Gasteiger charge is 2.09. The van der Waals surface area contributed by atoms with Gasteiger partial charge in [-0.05, 0) is 37.3 Å². The van der Waals surface area contributed by atoms with Gasteiger partial charge in [-0.1, -0.05) is 23.7 Å². The Morgan fingerprint density at radius 2 is 1.90 bits per heavy atom. The Labute approximate surface area is 126 Å². The van der Waals surface area contributed by atoms with Crippen LogP contribution in [0.2, 0.25) is 5.02 Å². The molecule has 0 atom stereocenters. The van der Waals surface area contributed by atoms with Crippen molar-refractivity contribution in [3.63, 3.8) is 0 Å². The first-order chi connectivity index (χ1) is 9.99. The summed E-state index contributed by atoms with van der Waals surface area (Å²) in [4.78, 5) is 11.0. The van der Waals surface area contributed by atoms with Crippen LogP contribution in [0.3, 0.4) is 0 Å². The van der Waals surface area contributed by atoms with Gasteiger partial charge in [0.15, 0.2) is 0 Å². The quantitative estimate of drug-likeness (QED) is 0.595. The molecule has 0 aromatic heterocycles. The average molecular weight is 305 g/mol. The number of anilines is 1. The van der Waals surface area contributed by atoms with Gasteiger partial charge in [-0.3, -0.25) is 5.43 Å². The Morgan fingerprint density at radius 1 is 1.19 bits per heavy atom. The molecule has 0 amide bonds. The molecule has 0 bridgehead atoms. The van der Waals surface area contributed by atoms with Crippen molar-refractivity contribution in [2.45, 2.75) is 6.92 Å². The number of phenolic OH excluding ortho intramolecular Hbond substituents is 1. The number of carboxylic acids is 1. The van der Waals surface area contributed by atoms with Crippen LogP contribution in [0.15, 0.2) is 47.6 Å². The zero-order valence-corrected chi connectivity index (χ0v) is 11.9. The lowest BCUT2D eigenvalue weighted by Gasteiger charge is -2.06. The second kappa shape index (κ2) is 6.28. The van der Waals surface area contributed by atoms with Gasteiger partial charge < -0.3 is 10.2 Å². The number of halogens is 1. The number of phenols is 1. The van der Waals surface area contributed by atoms with Gasteiger partial charge in [0.25, 0.3) is 0 Å². The Hall–Kier alpha value is -2.53. The SMILES string of the molecule is C/C(=N\Nc1ccc(Cl)c(C(=O)O)c1)c1ccccc1O. The maximum absolute atomic E-state index is 11.0. The number of aromatic carboxylic acids is 1. The molecule has 0 saturated carbocycles. The van der Waals surface area contributed by atoms with Crippen molar-refractivity contribution in [1.82, 2.24) is 0 Å². The van der Waals surface area contributed by atoms with E-state index in [2.05, 4.69) is 10.5 Å². The molecular formula is C15H13ClN2O3. The van der Waals surface area contributed by atoms with Crippen molar-refractivity contribution in [1.29, 1.82) is 0 Å². The second-order valence-electron chi connectivity index (χ2n) is 4.33. The molecule has 0 heterocycles. The second-order valence-corrected chi connectivity index (χ2v) is 4.73. The van der Waals surface area contributed by atoms with Gasteiger partial charge in [0, 0.05) is 5.56 Å². The topological polar surface area (TPSA) is 81.9 Å². The van der Waals surface area contributed by atoms with Crippen LogP contribution in [0.5, 0.6) is 5.75 Å². The summed E-state index contributed by atoms with van der Waals surface area (Å²) < 4.78 is 0. The third-order valence-corrected chi connectivity index (χ3v) is 3.17. The van der Waals surface area contributed by atoms with Gasteiger partial charge in [0.2, 0.25) is 0 Å². The number of nitrogens with one attached hydrogen (secondary N) is 1. The predicted molar refractivity (Wildman–Crippen MR) is 82.4 cm³/mol. The van der Waals surface area contributed by atoms with E-state index in [0.717, 1.165) is 0 Å². The largest absolute Gasteiger partial charge is 0.507 e. The van der Waals surface area contributed by atoms with Crippen molar-refractivity contribution >= 4 is 29.0 Å². The molecule has 6 heteroatoms. The smallest absolute Gasteiger partial charge is 0.337 e. The van der Waals surface area contributed by atoms with E-state index in [0.29, 0.717) is 17.0 Å². The number of para-hydroxylation sites is 1. The van der Waals surface area contributed by atoms with E-state index in [9.17, 15) is 9.90 Å². The normalized spacial score (nSPS) is 11.2. The molecular weight excluding hydrogens is 292 g/mol. The van der Waals surface area contributed by atoms with Crippen LogP contribution < -0.4 is 5.43 Å². The highest BCUT2D eigenvalue weighted by Crippen LogP contribution is 2.21. The minimum atomic E-state index is -1.11. The minimum absolute atomic E-state index is 0.00271. The van der Waals surface area contributed by atoms with E-state index in [1.807, 2.05) is 0 Å². The lowest BCUT2D eigenvalue weighted by atomic mass is 10.1. The molecule has 108 valence electrons. The van der Waals surface area contributed by atoms with Crippen molar-refractivity contribution in [2.24, 2.45) is 5.10 Å². The van der Waals surface area contributed by atoms with Crippen molar-refractivity contribution in [2.75, 3.05) is 5.43 Å². The van der Waals surface area contributed by atoms with Crippen LogP contribution >= 0.6 is 11.6 Å². The van der Waals surface area contributed by atoms with Crippen LogP contribution in [0.1, 0.15) is 22.8 Å². The first-order valence-corrected chi connectivity index (χ1v) is 6.48. The fourth-order valence-electron chi connectivity index (χ4n) is 1.75. The number of benzene rings is 2. The summed E-state index contributed by atoms with van der Waals surface area (Å²) in [6.45, 7) is 1.73. The first kappa shape index (κ1) is 14.9. The van der Waals surface area contributed by atoms with E-state index in [1.165, 1.54) is 12.1 Å². The van der Waals surface area contributed by atoms with Crippen LogP contribution in [0.4, 0.5) is 5.69 Å². The lowest BCUT2D eigenvalue weighted by Crippen LogP contribution is -2.02. The van der Waals surface area contributed by atoms with Gasteiger partial charge >= 0.3 is 5.97 Å². The average Bonchev–Trinajstić information content (AvgIpc) is 2.46. The molecule has 0 fully saturated rings. The number of carboxylic acid groups (broad SMARTS) is 1. The molecule has 5 nitrogen and oxygen atoms in total. The van der Waals surface area contributed by atoms with Crippen molar-refractivity contribution in [3.05, 3.63) is 58.6 Å². The molecule has 0 aliphatic rings. The van der Waals surface area contributed by atoms with E-state index in [-0.39, 0.29) is 16.3 Å². The maximum atomic E-state index is 11.0. The predicted octanol–water partition coefficient (Wildman–Crippen LogP) is 3.58. The molecule has 2 aromatic carbocycles. The molecule has 21 heavy (non-hydrogen) atoms. The number of nitrogens with zero attached hydrogens (tertiary/aromatic N) is 1. The third-order valence-electron chi connectivity index (χ3n) is 2.84. The monoisotopic (exact) mass is 304 g/mol. The Morgan fingerprint density at radius 3 is 2.57 bits per heavy atom. The number of hydrazone groups is 1. The number of hydrogen-bond acceptors (Lipinski definition) is 4. The summed E-state index contributed by atoms with van der Waals surface area (Å²) in [7, 11) is 0. The number of carbonyl (C=O) groups is 1. The van der Waals surface area contributed by atoms with E-state index < -0.39 is 5.97 Å². The molecule has 0 unspecified atom stereocenters. The molecule has 0 saturated heterocycles. The van der Waals surface area contributed by atoms with Crippen LogP contribution in [-0.2, 0) is 0 Å². The van der Waals surface area contributed by atoms with E-state index in [1.54, 1.807) is 37.3 Å². The summed E-state index contributed by atoms with van der Waals surface area (Å²) >= 11 is 5.79. The Kier molecular flexibility index (Phi) is 4.45. The molecule has 2 aromatic rings. The molecule has 0 spiro atoms. The molecule has 0 radical (unpaired) electrons. The van der Waals surface area contributed by atoms with E-state index >= 15 is 0 Å². The summed E-state index contributed by atoms with van der Waals surface area (Å²) in [5.41, 5.74) is 4.40. The fourth-order valence-corrected chi connectivity index (χ4v) is 1.95. The van der Waals surface area contributed by atoms with Gasteiger partial charge in [-0.25, -0.2) is 4.79 Å². The number of aromatic hydroxyl groups is 1. The molecule has 0 aliphatic heterocycles. The summed E-state index contributed by atoms with van der Waals surface area (Å²) in [6.07, 6.45) is 0. The van der Waals surface area contributed by atoms with Gasteiger partial charge in [0.1, 0.15) is 5.75 Å². The van der Waals surface area contributed by atoms with Gasteiger partial charge in [-0.15, -0.1) is 0 Å².